The molecule has 262 valence electrons. The summed E-state index contributed by atoms with van der Waals surface area (Å²) < 4.78 is 10.1. The second-order valence-corrected chi connectivity index (χ2v) is 14.8. The summed E-state index contributed by atoms with van der Waals surface area (Å²) >= 11 is 0. The van der Waals surface area contributed by atoms with E-state index in [1.54, 1.807) is 11.0 Å². The topological polar surface area (TPSA) is 97.4 Å². The number of fused-ring (bicyclic) bond motifs is 1. The van der Waals surface area contributed by atoms with Crippen LogP contribution in [0.2, 0.25) is 0 Å². The van der Waals surface area contributed by atoms with E-state index >= 15 is 0 Å². The van der Waals surface area contributed by atoms with E-state index in [2.05, 4.69) is 110 Å². The van der Waals surface area contributed by atoms with Crippen molar-refractivity contribution in [2.75, 3.05) is 57.3 Å². The zero-order chi connectivity index (χ0) is 34.7. The molecule has 0 radical (unpaired) electrons. The number of hydrogen-bond acceptors (Lipinski definition) is 8. The fraction of sp³-hybridized carbons (Fsp3) is 0.462. The maximum absolute atomic E-state index is 14.1. The number of tetrazole rings is 1. The van der Waals surface area contributed by atoms with Crippen LogP contribution < -0.4 is 4.90 Å². The van der Waals surface area contributed by atoms with Crippen LogP contribution in [0, 0.1) is 6.92 Å². The molecule has 0 aliphatic carbocycles. The van der Waals surface area contributed by atoms with Crippen LogP contribution in [0.5, 0.6) is 0 Å². The normalized spacial score (nSPS) is 19.0. The third-order valence-corrected chi connectivity index (χ3v) is 10.4. The molecule has 1 amide bonds. The van der Waals surface area contributed by atoms with Crippen molar-refractivity contribution >= 4 is 22.9 Å². The van der Waals surface area contributed by atoms with Gasteiger partial charge in [-0.15, -0.1) is 5.10 Å². The number of imidazole rings is 1. The molecule has 0 bridgehead atoms. The number of nitrogens with zero attached hydrogens (tertiary/aromatic N) is 9. The van der Waals surface area contributed by atoms with Crippen LogP contribution in [-0.4, -0.2) is 103 Å². The van der Waals surface area contributed by atoms with Crippen molar-refractivity contribution in [2.24, 2.45) is 0 Å². The Morgan fingerprint density at radius 1 is 0.920 bits per heavy atom. The number of benzene rings is 3. The number of hydrogen-bond donors (Lipinski definition) is 0. The van der Waals surface area contributed by atoms with Gasteiger partial charge in [0.1, 0.15) is 6.33 Å². The van der Waals surface area contributed by atoms with Crippen molar-refractivity contribution in [3.05, 3.63) is 95.8 Å². The molecule has 0 saturated carbocycles. The number of carbonyl (C=O) groups excluding carboxylic acids is 1. The van der Waals surface area contributed by atoms with E-state index < -0.39 is 0 Å². The van der Waals surface area contributed by atoms with E-state index in [-0.39, 0.29) is 16.9 Å². The van der Waals surface area contributed by atoms with Crippen LogP contribution in [0.25, 0.3) is 16.7 Å². The predicted molar refractivity (Wildman–Crippen MR) is 196 cm³/mol. The highest BCUT2D eigenvalue weighted by atomic mass is 16.5. The minimum Gasteiger partial charge on any atom is -0.374 e. The molecule has 2 saturated heterocycles. The Morgan fingerprint density at radius 2 is 1.74 bits per heavy atom. The van der Waals surface area contributed by atoms with E-state index in [0.29, 0.717) is 18.7 Å². The summed E-state index contributed by atoms with van der Waals surface area (Å²) in [5.41, 5.74) is 5.65. The Balaban J connectivity index is 1.05. The third kappa shape index (κ3) is 7.29. The molecule has 11 heteroatoms. The van der Waals surface area contributed by atoms with Crippen LogP contribution in [-0.2, 0) is 16.7 Å². The number of carbonyl (C=O) groups is 1. The molecule has 2 aliphatic rings. The van der Waals surface area contributed by atoms with Crippen molar-refractivity contribution in [2.45, 2.75) is 64.5 Å². The van der Waals surface area contributed by atoms with Gasteiger partial charge >= 0.3 is 0 Å². The summed E-state index contributed by atoms with van der Waals surface area (Å²) in [5.74, 6) is 1.10. The van der Waals surface area contributed by atoms with Gasteiger partial charge in [0, 0.05) is 50.2 Å². The molecular formula is C39H49N9O2. The van der Waals surface area contributed by atoms with Crippen LogP contribution in [0.1, 0.15) is 61.5 Å². The van der Waals surface area contributed by atoms with Crippen molar-refractivity contribution < 1.29 is 9.53 Å². The van der Waals surface area contributed by atoms with Gasteiger partial charge in [-0.25, -0.2) is 9.67 Å². The number of ether oxygens (including phenoxy) is 1. The first-order valence-corrected chi connectivity index (χ1v) is 17.9. The molecule has 1 atom stereocenters. The van der Waals surface area contributed by atoms with E-state index in [1.807, 2.05) is 25.1 Å². The molecular weight excluding hydrogens is 626 g/mol. The standard InChI is InChI=1S/C39H49N9O2/c1-30-15-16-32(48-29-40-42-43-48)27-33(30)36(49)46-22-18-39(28-46,31-11-6-5-7-12-31)17-21-44-19-10-20-45(24-23-44)37-41-34-13-8-9-14-35(34)47(37)25-26-50-38(2,3)4/h5-9,11-16,27,29H,10,17-26,28H2,1-4H3. The third-order valence-electron chi connectivity index (χ3n) is 10.4. The predicted octanol–water partition coefficient (Wildman–Crippen LogP) is 5.52. The van der Waals surface area contributed by atoms with Gasteiger partial charge in [0.15, 0.2) is 0 Å². The Bertz CT molecular complexity index is 1900. The first-order valence-electron chi connectivity index (χ1n) is 17.9. The molecule has 0 spiro atoms. The molecule has 3 aromatic carbocycles. The lowest BCUT2D eigenvalue weighted by Gasteiger charge is -2.33. The molecule has 7 rings (SSSR count). The number of anilines is 1. The average molecular weight is 676 g/mol. The Labute approximate surface area is 294 Å². The van der Waals surface area contributed by atoms with Gasteiger partial charge in [0.25, 0.3) is 5.91 Å². The van der Waals surface area contributed by atoms with E-state index in [4.69, 9.17) is 9.72 Å². The van der Waals surface area contributed by atoms with Gasteiger partial charge in [-0.1, -0.05) is 48.5 Å². The zero-order valence-corrected chi connectivity index (χ0v) is 29.8. The number of likely N-dealkylation sites (tertiary alicyclic amines) is 1. The monoisotopic (exact) mass is 675 g/mol. The highest BCUT2D eigenvalue weighted by Gasteiger charge is 2.42. The zero-order valence-electron chi connectivity index (χ0n) is 29.8. The Hall–Kier alpha value is -4.61. The minimum absolute atomic E-state index is 0.0661. The number of amides is 1. The molecule has 50 heavy (non-hydrogen) atoms. The number of rotatable bonds is 10. The van der Waals surface area contributed by atoms with Gasteiger partial charge in [-0.3, -0.25) is 4.79 Å². The molecule has 4 heterocycles. The maximum atomic E-state index is 14.1. The minimum atomic E-state index is -0.180. The summed E-state index contributed by atoms with van der Waals surface area (Å²) in [7, 11) is 0. The lowest BCUT2D eigenvalue weighted by Crippen LogP contribution is -2.39. The Kier molecular flexibility index (Phi) is 9.70. The van der Waals surface area contributed by atoms with Gasteiger partial charge in [-0.05, 0) is 106 Å². The van der Waals surface area contributed by atoms with Crippen LogP contribution in [0.3, 0.4) is 0 Å². The lowest BCUT2D eigenvalue weighted by atomic mass is 9.76. The number of aromatic nitrogens is 6. The number of aryl methyl sites for hydroxylation is 1. The molecule has 5 aromatic rings. The summed E-state index contributed by atoms with van der Waals surface area (Å²) in [6.45, 7) is 16.0. The summed E-state index contributed by atoms with van der Waals surface area (Å²) in [6.07, 6.45) is 4.56. The summed E-state index contributed by atoms with van der Waals surface area (Å²) in [4.78, 5) is 26.3. The lowest BCUT2D eigenvalue weighted by molar-refractivity contribution is -0.00639. The quantitative estimate of drug-likeness (QED) is 0.191. The molecule has 2 fully saturated rings. The molecule has 2 aromatic heterocycles. The number of para-hydroxylation sites is 2. The van der Waals surface area contributed by atoms with Crippen molar-refractivity contribution in [3.63, 3.8) is 0 Å². The maximum Gasteiger partial charge on any atom is 0.254 e. The average Bonchev–Trinajstić information content (AvgIpc) is 3.85. The van der Waals surface area contributed by atoms with Gasteiger partial charge in [-0.2, -0.15) is 0 Å². The highest BCUT2D eigenvalue weighted by Crippen LogP contribution is 2.39. The van der Waals surface area contributed by atoms with Crippen molar-refractivity contribution in [1.82, 2.24) is 39.6 Å². The van der Waals surface area contributed by atoms with Crippen LogP contribution in [0.4, 0.5) is 5.95 Å². The molecule has 11 nitrogen and oxygen atoms in total. The summed E-state index contributed by atoms with van der Waals surface area (Å²) in [6, 6.07) is 25.1. The van der Waals surface area contributed by atoms with Crippen molar-refractivity contribution in [1.29, 1.82) is 0 Å². The van der Waals surface area contributed by atoms with Gasteiger partial charge in [0.2, 0.25) is 5.95 Å². The smallest absolute Gasteiger partial charge is 0.254 e. The van der Waals surface area contributed by atoms with Gasteiger partial charge < -0.3 is 24.0 Å². The SMILES string of the molecule is Cc1ccc(-n2cnnn2)cc1C(=O)N1CCC(CCN2CCCN(c3nc4ccccc4n3CCOC(C)(C)C)CC2)(c2ccccc2)C1. The van der Waals surface area contributed by atoms with Crippen LogP contribution >= 0.6 is 0 Å². The first-order chi connectivity index (χ1) is 24.2. The Morgan fingerprint density at radius 3 is 2.54 bits per heavy atom. The fourth-order valence-corrected chi connectivity index (χ4v) is 7.59. The molecule has 2 aliphatic heterocycles. The molecule has 0 N–H and O–H groups in total. The molecule has 1 unspecified atom stereocenters. The van der Waals surface area contributed by atoms with Gasteiger partial charge in [0.05, 0.1) is 28.9 Å². The van der Waals surface area contributed by atoms with Crippen molar-refractivity contribution in [3.8, 4) is 5.69 Å². The van der Waals surface area contributed by atoms with E-state index in [0.717, 1.165) is 93.3 Å². The first kappa shape index (κ1) is 33.9. The fourth-order valence-electron chi connectivity index (χ4n) is 7.59. The second kappa shape index (κ2) is 14.3. The van der Waals surface area contributed by atoms with Crippen LogP contribution in [0.15, 0.2) is 79.1 Å². The largest absolute Gasteiger partial charge is 0.374 e. The summed E-state index contributed by atoms with van der Waals surface area (Å²) in [5, 5.41) is 11.5. The van der Waals surface area contributed by atoms with E-state index in [9.17, 15) is 4.79 Å². The highest BCUT2D eigenvalue weighted by molar-refractivity contribution is 5.96. The van der Waals surface area contributed by atoms with E-state index in [1.165, 1.54) is 5.56 Å². The second-order valence-electron chi connectivity index (χ2n) is 14.8.